The van der Waals surface area contributed by atoms with Gasteiger partial charge in [-0.15, -0.1) is 0 Å². The summed E-state index contributed by atoms with van der Waals surface area (Å²) in [7, 11) is 0. The fourth-order valence-electron chi connectivity index (χ4n) is 4.68. The van der Waals surface area contributed by atoms with Crippen molar-refractivity contribution in [1.29, 1.82) is 0 Å². The summed E-state index contributed by atoms with van der Waals surface area (Å²) in [6.45, 7) is 4.77. The number of hydrogen-bond donors (Lipinski definition) is 2. The van der Waals surface area contributed by atoms with E-state index in [1.807, 2.05) is 49.4 Å². The molecular weight excluding hydrogens is 433 g/mol. The van der Waals surface area contributed by atoms with E-state index >= 15 is 0 Å². The Morgan fingerprint density at radius 3 is 2.38 bits per heavy atom. The van der Waals surface area contributed by atoms with Gasteiger partial charge in [0.25, 0.3) is 0 Å². The number of aromatic hydroxyl groups is 2. The van der Waals surface area contributed by atoms with E-state index in [0.717, 1.165) is 53.2 Å². The second-order valence-electron chi connectivity index (χ2n) is 8.96. The second kappa shape index (κ2) is 9.39. The highest BCUT2D eigenvalue weighted by atomic mass is 19.1. The maximum absolute atomic E-state index is 12.6. The lowest BCUT2D eigenvalue weighted by Gasteiger charge is -2.37. The van der Waals surface area contributed by atoms with Gasteiger partial charge in [-0.3, -0.25) is 9.29 Å². The van der Waals surface area contributed by atoms with Crippen molar-refractivity contribution in [2.45, 2.75) is 13.0 Å². The van der Waals surface area contributed by atoms with Crippen LogP contribution < -0.4 is 9.47 Å². The molecule has 0 aromatic heterocycles. The number of hydrogen-bond acceptors (Lipinski definition) is 5. The molecule has 0 amide bonds. The van der Waals surface area contributed by atoms with Gasteiger partial charge in [0.2, 0.25) is 0 Å². The van der Waals surface area contributed by atoms with E-state index in [1.54, 1.807) is 24.3 Å². The summed E-state index contributed by atoms with van der Waals surface area (Å²) in [5.41, 5.74) is 4.90. The number of benzene rings is 3. The van der Waals surface area contributed by atoms with Gasteiger partial charge in [-0.05, 0) is 60.0 Å². The van der Waals surface area contributed by atoms with Crippen molar-refractivity contribution >= 4 is 11.1 Å². The fraction of sp³-hybridized carbons (Fsp3) is 0.286. The molecule has 2 N–H and O–H groups in total. The maximum atomic E-state index is 12.6. The van der Waals surface area contributed by atoms with Crippen molar-refractivity contribution < 1.29 is 24.1 Å². The van der Waals surface area contributed by atoms with Crippen molar-refractivity contribution in [2.24, 2.45) is 5.92 Å². The zero-order chi connectivity index (χ0) is 23.7. The lowest BCUT2D eigenvalue weighted by atomic mass is 9.86. The van der Waals surface area contributed by atoms with Gasteiger partial charge in [0.05, 0.1) is 6.67 Å². The summed E-state index contributed by atoms with van der Waals surface area (Å²) < 4.78 is 24.9. The zero-order valence-electron chi connectivity index (χ0n) is 19.1. The molecule has 1 atom stereocenters. The number of phenolic OH excluding ortho intramolecular Hbond substituents is 2. The number of fused-ring (bicyclic) bond motifs is 1. The summed E-state index contributed by atoms with van der Waals surface area (Å²) in [5.74, 6) is 1.95. The normalized spacial score (nSPS) is 18.2. The van der Waals surface area contributed by atoms with E-state index in [4.69, 9.17) is 9.47 Å². The Labute approximate surface area is 198 Å². The first-order valence-electron chi connectivity index (χ1n) is 11.5. The molecule has 176 valence electrons. The molecular formula is C28H28FNO4. The highest BCUT2D eigenvalue weighted by molar-refractivity contribution is 5.95. The molecule has 0 saturated carbocycles. The average Bonchev–Trinajstić information content (AvgIpc) is 2.81. The third-order valence-electron chi connectivity index (χ3n) is 6.57. The van der Waals surface area contributed by atoms with Crippen molar-refractivity contribution in [3.63, 3.8) is 0 Å². The van der Waals surface area contributed by atoms with Crippen LogP contribution in [-0.4, -0.2) is 48.0 Å². The molecule has 3 aromatic rings. The van der Waals surface area contributed by atoms with E-state index in [1.165, 1.54) is 0 Å². The van der Waals surface area contributed by atoms with E-state index in [9.17, 15) is 14.6 Å². The van der Waals surface area contributed by atoms with Gasteiger partial charge in [0.15, 0.2) is 0 Å². The quantitative estimate of drug-likeness (QED) is 0.491. The minimum absolute atomic E-state index is 0.155. The smallest absolute Gasteiger partial charge is 0.150 e. The second-order valence-corrected chi connectivity index (χ2v) is 8.96. The number of alkyl halides is 1. The SMILES string of the molecule is CC1=C(c2ccc(O)cc2)[C@@H](c2ccc(OCCN3CC(CF)C3)cc2)Oc2cc(O)ccc21. The third-order valence-corrected chi connectivity index (χ3v) is 6.57. The number of halogens is 1. The van der Waals surface area contributed by atoms with E-state index < -0.39 is 0 Å². The monoisotopic (exact) mass is 461 g/mol. The molecule has 1 saturated heterocycles. The topological polar surface area (TPSA) is 62.2 Å². The van der Waals surface area contributed by atoms with E-state index in [2.05, 4.69) is 4.90 Å². The van der Waals surface area contributed by atoms with Crippen LogP contribution >= 0.6 is 0 Å². The van der Waals surface area contributed by atoms with Crippen molar-refractivity contribution in [3.05, 3.63) is 83.4 Å². The maximum Gasteiger partial charge on any atom is 0.150 e. The van der Waals surface area contributed by atoms with Gasteiger partial charge in [-0.1, -0.05) is 24.3 Å². The van der Waals surface area contributed by atoms with Crippen LogP contribution in [-0.2, 0) is 0 Å². The van der Waals surface area contributed by atoms with Crippen LogP contribution in [0.15, 0.2) is 66.7 Å². The minimum Gasteiger partial charge on any atom is -0.508 e. The number of rotatable bonds is 7. The van der Waals surface area contributed by atoms with Crippen LogP contribution in [0.1, 0.15) is 29.7 Å². The van der Waals surface area contributed by atoms with Crippen LogP contribution in [0.3, 0.4) is 0 Å². The molecule has 3 aromatic carbocycles. The molecule has 0 unspecified atom stereocenters. The molecule has 2 heterocycles. The minimum atomic E-state index is -0.383. The molecule has 0 aliphatic carbocycles. The lowest BCUT2D eigenvalue weighted by Crippen LogP contribution is -2.49. The Morgan fingerprint density at radius 2 is 1.68 bits per heavy atom. The Kier molecular flexibility index (Phi) is 6.16. The first kappa shape index (κ1) is 22.3. The van der Waals surface area contributed by atoms with E-state index in [-0.39, 0.29) is 30.2 Å². The summed E-state index contributed by atoms with van der Waals surface area (Å²) in [4.78, 5) is 2.19. The zero-order valence-corrected chi connectivity index (χ0v) is 19.1. The van der Waals surface area contributed by atoms with Gasteiger partial charge in [-0.25, -0.2) is 0 Å². The van der Waals surface area contributed by atoms with Gasteiger partial charge >= 0.3 is 0 Å². The molecule has 0 spiro atoms. The highest BCUT2D eigenvalue weighted by Crippen LogP contribution is 2.47. The molecule has 6 heteroatoms. The van der Waals surface area contributed by atoms with Gasteiger partial charge in [0, 0.05) is 42.8 Å². The van der Waals surface area contributed by atoms with Crippen molar-refractivity contribution in [3.8, 4) is 23.0 Å². The molecule has 5 rings (SSSR count). The van der Waals surface area contributed by atoms with Crippen LogP contribution in [0.25, 0.3) is 11.1 Å². The molecule has 34 heavy (non-hydrogen) atoms. The average molecular weight is 462 g/mol. The molecule has 0 radical (unpaired) electrons. The molecule has 1 fully saturated rings. The summed E-state index contributed by atoms with van der Waals surface area (Å²) in [6.07, 6.45) is -0.383. The number of nitrogens with zero attached hydrogens (tertiary/aromatic N) is 1. The predicted molar refractivity (Wildman–Crippen MR) is 130 cm³/mol. The number of allylic oxidation sites excluding steroid dienone is 1. The standard InChI is InChI=1S/C28H28FNO4/c1-18-25-11-8-23(32)14-26(25)34-28(27(18)20-2-6-22(31)7-3-20)21-4-9-24(10-5-21)33-13-12-30-16-19(15-29)17-30/h2-11,14,19,28,31-32H,12-13,15-17H2,1H3/t28-/m1/s1. The lowest BCUT2D eigenvalue weighted by molar-refractivity contribution is 0.0668. The largest absolute Gasteiger partial charge is 0.508 e. The van der Waals surface area contributed by atoms with E-state index in [0.29, 0.717) is 12.4 Å². The summed E-state index contributed by atoms with van der Waals surface area (Å²) in [5, 5.41) is 19.8. The molecule has 0 bridgehead atoms. The van der Waals surface area contributed by atoms with Gasteiger partial charge in [0.1, 0.15) is 35.7 Å². The number of phenols is 2. The Morgan fingerprint density at radius 1 is 0.971 bits per heavy atom. The summed E-state index contributed by atoms with van der Waals surface area (Å²) in [6, 6.07) is 20.1. The first-order chi connectivity index (χ1) is 16.5. The van der Waals surface area contributed by atoms with Crippen LogP contribution in [0, 0.1) is 5.92 Å². The first-order valence-corrected chi connectivity index (χ1v) is 11.5. The molecule has 5 nitrogen and oxygen atoms in total. The molecule has 2 aliphatic rings. The van der Waals surface area contributed by atoms with Crippen molar-refractivity contribution in [2.75, 3.05) is 32.9 Å². The number of ether oxygens (including phenoxy) is 2. The third kappa shape index (κ3) is 4.46. The Hall–Kier alpha value is -3.51. The number of likely N-dealkylation sites (tertiary alicyclic amines) is 1. The predicted octanol–water partition coefficient (Wildman–Crippen LogP) is 5.44. The van der Waals surface area contributed by atoms with Crippen LogP contribution in [0.2, 0.25) is 0 Å². The Bertz CT molecular complexity index is 1180. The van der Waals surface area contributed by atoms with Gasteiger partial charge < -0.3 is 19.7 Å². The van der Waals surface area contributed by atoms with Gasteiger partial charge in [-0.2, -0.15) is 0 Å². The Balaban J connectivity index is 1.37. The van der Waals surface area contributed by atoms with Crippen LogP contribution in [0.5, 0.6) is 23.0 Å². The fourth-order valence-corrected chi connectivity index (χ4v) is 4.68. The highest BCUT2D eigenvalue weighted by Gasteiger charge is 2.30. The van der Waals surface area contributed by atoms with Crippen LogP contribution in [0.4, 0.5) is 4.39 Å². The summed E-state index contributed by atoms with van der Waals surface area (Å²) >= 11 is 0. The molecule has 2 aliphatic heterocycles. The van der Waals surface area contributed by atoms with Crippen molar-refractivity contribution in [1.82, 2.24) is 4.90 Å².